The average Bonchev–Trinajstić information content (AvgIpc) is 2.65. The molecule has 0 aliphatic carbocycles. The van der Waals surface area contributed by atoms with Gasteiger partial charge in [-0.25, -0.2) is 0 Å². The number of rotatable bonds is 10. The lowest BCUT2D eigenvalue weighted by molar-refractivity contribution is -0.118. The second kappa shape index (κ2) is 10.4. The summed E-state index contributed by atoms with van der Waals surface area (Å²) < 4.78 is 16.5. The Bertz CT molecular complexity index is 655. The zero-order valence-corrected chi connectivity index (χ0v) is 14.8. The van der Waals surface area contributed by atoms with Gasteiger partial charge in [0.1, 0.15) is 11.5 Å². The summed E-state index contributed by atoms with van der Waals surface area (Å²) in [6, 6.07) is 14.8. The van der Waals surface area contributed by atoms with Crippen LogP contribution in [0.3, 0.4) is 0 Å². The van der Waals surface area contributed by atoms with Gasteiger partial charge < -0.3 is 19.5 Å². The van der Waals surface area contributed by atoms with E-state index in [1.165, 1.54) is 0 Å². The van der Waals surface area contributed by atoms with E-state index in [2.05, 4.69) is 12.2 Å². The molecule has 0 aliphatic heterocycles. The third-order valence-electron chi connectivity index (χ3n) is 3.42. The molecule has 0 aromatic heterocycles. The average molecular weight is 343 g/mol. The van der Waals surface area contributed by atoms with E-state index in [-0.39, 0.29) is 12.5 Å². The minimum atomic E-state index is -0.213. The van der Waals surface area contributed by atoms with Crippen LogP contribution in [-0.2, 0) is 16.1 Å². The van der Waals surface area contributed by atoms with Crippen LogP contribution in [0.2, 0.25) is 0 Å². The molecule has 2 aromatic rings. The van der Waals surface area contributed by atoms with Gasteiger partial charge >= 0.3 is 0 Å². The molecule has 1 amide bonds. The van der Waals surface area contributed by atoms with Crippen LogP contribution in [0, 0.1) is 0 Å². The highest BCUT2D eigenvalue weighted by Crippen LogP contribution is 2.19. The van der Waals surface area contributed by atoms with Crippen LogP contribution in [0.25, 0.3) is 0 Å². The molecular weight excluding hydrogens is 318 g/mol. The second-order valence-electron chi connectivity index (χ2n) is 5.45. The molecule has 0 unspecified atom stereocenters. The van der Waals surface area contributed by atoms with Crippen molar-refractivity contribution in [1.82, 2.24) is 0 Å². The van der Waals surface area contributed by atoms with Gasteiger partial charge in [-0.2, -0.15) is 0 Å². The molecule has 0 heterocycles. The first kappa shape index (κ1) is 18.8. The lowest BCUT2D eigenvalue weighted by Gasteiger charge is -2.12. The van der Waals surface area contributed by atoms with Crippen molar-refractivity contribution in [3.63, 3.8) is 0 Å². The third-order valence-corrected chi connectivity index (χ3v) is 3.42. The number of ether oxygens (including phenoxy) is 3. The Morgan fingerprint density at radius 3 is 2.32 bits per heavy atom. The molecule has 0 saturated carbocycles. The Balaban J connectivity index is 1.84. The molecule has 5 nitrogen and oxygen atoms in total. The summed E-state index contributed by atoms with van der Waals surface area (Å²) in [4.78, 5) is 12.1. The monoisotopic (exact) mass is 343 g/mol. The second-order valence-corrected chi connectivity index (χ2v) is 5.45. The molecular formula is C20H25NO4. The number of hydrogen-bond donors (Lipinski definition) is 1. The van der Waals surface area contributed by atoms with Crippen molar-refractivity contribution >= 4 is 11.6 Å². The highest BCUT2D eigenvalue weighted by molar-refractivity contribution is 5.92. The summed E-state index contributed by atoms with van der Waals surface area (Å²) in [6.45, 7) is 5.72. The molecule has 0 saturated heterocycles. The highest BCUT2D eigenvalue weighted by atomic mass is 16.5. The van der Waals surface area contributed by atoms with Crippen molar-refractivity contribution in [3.05, 3.63) is 54.1 Å². The van der Waals surface area contributed by atoms with Crippen LogP contribution in [-0.4, -0.2) is 25.7 Å². The summed E-state index contributed by atoms with van der Waals surface area (Å²) in [5.41, 5.74) is 1.68. The van der Waals surface area contributed by atoms with Crippen LogP contribution in [0.5, 0.6) is 11.5 Å². The Labute approximate surface area is 148 Å². The molecule has 25 heavy (non-hydrogen) atoms. The molecule has 0 aliphatic rings. The summed E-state index contributed by atoms with van der Waals surface area (Å²) >= 11 is 0. The fraction of sp³-hybridized carbons (Fsp3) is 0.350. The van der Waals surface area contributed by atoms with E-state index in [0.717, 1.165) is 23.4 Å². The van der Waals surface area contributed by atoms with Crippen molar-refractivity contribution in [2.45, 2.75) is 26.9 Å². The van der Waals surface area contributed by atoms with E-state index in [1.54, 1.807) is 12.1 Å². The quantitative estimate of drug-likeness (QED) is 0.708. The summed E-state index contributed by atoms with van der Waals surface area (Å²) in [7, 11) is 0. The van der Waals surface area contributed by atoms with Crippen molar-refractivity contribution < 1.29 is 19.0 Å². The molecule has 134 valence electrons. The first-order valence-corrected chi connectivity index (χ1v) is 8.54. The largest absolute Gasteiger partial charge is 0.494 e. The maximum absolute atomic E-state index is 12.1. The van der Waals surface area contributed by atoms with Crippen LogP contribution >= 0.6 is 0 Å². The number of hydrogen-bond acceptors (Lipinski definition) is 4. The molecule has 5 heteroatoms. The first-order chi connectivity index (χ1) is 12.2. The molecule has 0 radical (unpaired) electrons. The number of benzene rings is 2. The lowest BCUT2D eigenvalue weighted by atomic mass is 10.2. The summed E-state index contributed by atoms with van der Waals surface area (Å²) in [6.07, 6.45) is 0.962. The normalized spacial score (nSPS) is 10.3. The van der Waals surface area contributed by atoms with Crippen LogP contribution < -0.4 is 14.8 Å². The zero-order valence-electron chi connectivity index (χ0n) is 14.8. The maximum Gasteiger partial charge on any atom is 0.262 e. The molecule has 0 atom stereocenters. The minimum absolute atomic E-state index is 0.0574. The predicted molar refractivity (Wildman–Crippen MR) is 98.1 cm³/mol. The number of carbonyl (C=O) groups is 1. The van der Waals surface area contributed by atoms with E-state index >= 15 is 0 Å². The Morgan fingerprint density at radius 2 is 1.64 bits per heavy atom. The minimum Gasteiger partial charge on any atom is -0.494 e. The van der Waals surface area contributed by atoms with Crippen LogP contribution in [0.4, 0.5) is 5.69 Å². The van der Waals surface area contributed by atoms with Crippen LogP contribution in [0.15, 0.2) is 48.5 Å². The topological polar surface area (TPSA) is 56.8 Å². The van der Waals surface area contributed by atoms with Gasteiger partial charge in [0.25, 0.3) is 5.91 Å². The molecule has 1 N–H and O–H groups in total. The van der Waals surface area contributed by atoms with Crippen LogP contribution in [0.1, 0.15) is 25.8 Å². The first-order valence-electron chi connectivity index (χ1n) is 8.54. The Hall–Kier alpha value is -2.53. The summed E-state index contributed by atoms with van der Waals surface area (Å²) in [5, 5.41) is 2.86. The third kappa shape index (κ3) is 6.47. The van der Waals surface area contributed by atoms with Gasteiger partial charge in [-0.15, -0.1) is 0 Å². The lowest BCUT2D eigenvalue weighted by Crippen LogP contribution is -2.21. The number of anilines is 1. The van der Waals surface area contributed by atoms with E-state index < -0.39 is 0 Å². The fourth-order valence-corrected chi connectivity index (χ4v) is 2.17. The summed E-state index contributed by atoms with van der Waals surface area (Å²) in [5.74, 6) is 1.21. The van der Waals surface area contributed by atoms with E-state index in [0.29, 0.717) is 25.6 Å². The van der Waals surface area contributed by atoms with Gasteiger partial charge in [0.05, 0.1) is 13.2 Å². The highest BCUT2D eigenvalue weighted by Gasteiger charge is 2.07. The van der Waals surface area contributed by atoms with Crippen molar-refractivity contribution in [2.24, 2.45) is 0 Å². The Kier molecular flexibility index (Phi) is 7.79. The number of amides is 1. The zero-order chi connectivity index (χ0) is 17.9. The van der Waals surface area contributed by atoms with Crippen molar-refractivity contribution in [3.8, 4) is 11.5 Å². The standard InChI is InChI=1S/C20H25NO4/c1-3-13-24-17-9-11-18(12-10-17)25-15-20(22)21-19-8-6-5-7-16(19)14-23-4-2/h5-12H,3-4,13-15H2,1-2H3,(H,21,22). The molecule has 0 spiro atoms. The Morgan fingerprint density at radius 1 is 0.960 bits per heavy atom. The maximum atomic E-state index is 12.1. The van der Waals surface area contributed by atoms with E-state index in [1.807, 2.05) is 43.3 Å². The molecule has 2 rings (SSSR count). The molecule has 2 aromatic carbocycles. The van der Waals surface area contributed by atoms with E-state index in [9.17, 15) is 4.79 Å². The van der Waals surface area contributed by atoms with Crippen molar-refractivity contribution in [1.29, 1.82) is 0 Å². The molecule has 0 fully saturated rings. The van der Waals surface area contributed by atoms with Gasteiger partial charge in [-0.1, -0.05) is 25.1 Å². The van der Waals surface area contributed by atoms with Gasteiger partial charge in [-0.3, -0.25) is 4.79 Å². The van der Waals surface area contributed by atoms with Crippen molar-refractivity contribution in [2.75, 3.05) is 25.1 Å². The number of para-hydroxylation sites is 1. The fourth-order valence-electron chi connectivity index (χ4n) is 2.17. The smallest absolute Gasteiger partial charge is 0.262 e. The predicted octanol–water partition coefficient (Wildman–Crippen LogP) is 4.03. The van der Waals surface area contributed by atoms with Gasteiger partial charge in [0.15, 0.2) is 6.61 Å². The SMILES string of the molecule is CCCOc1ccc(OCC(=O)Nc2ccccc2COCC)cc1. The number of carbonyl (C=O) groups excluding carboxylic acids is 1. The van der Waals surface area contributed by atoms with Gasteiger partial charge in [0, 0.05) is 17.9 Å². The van der Waals surface area contributed by atoms with E-state index in [4.69, 9.17) is 14.2 Å². The number of nitrogens with one attached hydrogen (secondary N) is 1. The molecule has 0 bridgehead atoms. The van der Waals surface area contributed by atoms with Gasteiger partial charge in [-0.05, 0) is 43.7 Å². The van der Waals surface area contributed by atoms with Gasteiger partial charge in [0.2, 0.25) is 0 Å².